The average Bonchev–Trinajstić information content (AvgIpc) is 2.54. The van der Waals surface area contributed by atoms with Crippen LogP contribution >= 0.6 is 47.0 Å². The minimum absolute atomic E-state index is 1.26. The molecule has 0 saturated heterocycles. The van der Waals surface area contributed by atoms with Crippen molar-refractivity contribution < 1.29 is 0 Å². The van der Waals surface area contributed by atoms with E-state index in [2.05, 4.69) is 27.0 Å². The molecule has 0 aliphatic carbocycles. The molecule has 0 unspecified atom stereocenters. The Kier molecular flexibility index (Phi) is 6.74. The van der Waals surface area contributed by atoms with E-state index in [0.29, 0.717) is 0 Å². The van der Waals surface area contributed by atoms with Crippen molar-refractivity contribution in [3.05, 3.63) is 18.3 Å². The van der Waals surface area contributed by atoms with Gasteiger partial charge in [-0.25, -0.2) is 0 Å². The molecule has 0 aromatic heterocycles. The quantitative estimate of drug-likeness (QED) is 0.588. The van der Waals surface area contributed by atoms with Gasteiger partial charge in [0.25, 0.3) is 0 Å². The summed E-state index contributed by atoms with van der Waals surface area (Å²) >= 11 is 7.81. The van der Waals surface area contributed by atoms with Crippen molar-refractivity contribution in [3.8, 4) is 0 Å². The van der Waals surface area contributed by atoms with E-state index in [1.165, 1.54) is 36.9 Å². The van der Waals surface area contributed by atoms with Gasteiger partial charge in [0.15, 0.2) is 0 Å². The van der Waals surface area contributed by atoms with Gasteiger partial charge in [-0.15, -0.1) is 23.5 Å². The first-order valence-corrected chi connectivity index (χ1v) is 8.97. The number of rotatable bonds is 5. The van der Waals surface area contributed by atoms with Gasteiger partial charge in [-0.1, -0.05) is 36.9 Å². The molecule has 0 aromatic carbocycles. The standard InChI is InChI=1S/C11H18S4/c1-5-6-7-13-10(12-4)11-14-8(2)9(3)15-11/h5-7H2,1-4H3. The van der Waals surface area contributed by atoms with Crippen LogP contribution < -0.4 is 0 Å². The SMILES string of the molecule is CCCCSC(SC)=C1SC(C)=C(C)S1. The first-order valence-electron chi connectivity index (χ1n) is 5.13. The van der Waals surface area contributed by atoms with Gasteiger partial charge < -0.3 is 0 Å². The van der Waals surface area contributed by atoms with Crippen molar-refractivity contribution in [2.24, 2.45) is 0 Å². The molecular weight excluding hydrogens is 260 g/mol. The van der Waals surface area contributed by atoms with Gasteiger partial charge in [0.2, 0.25) is 0 Å². The van der Waals surface area contributed by atoms with E-state index in [4.69, 9.17) is 0 Å². The lowest BCUT2D eigenvalue weighted by Gasteiger charge is -2.06. The molecule has 1 aliphatic heterocycles. The summed E-state index contributed by atoms with van der Waals surface area (Å²) < 4.78 is 3.01. The highest BCUT2D eigenvalue weighted by atomic mass is 32.2. The molecule has 1 aliphatic rings. The highest BCUT2D eigenvalue weighted by molar-refractivity contribution is 8.31. The smallest absolute Gasteiger partial charge is 0.0692 e. The predicted molar refractivity (Wildman–Crippen MR) is 81.5 cm³/mol. The molecule has 1 rings (SSSR count). The summed E-state index contributed by atoms with van der Waals surface area (Å²) in [6, 6.07) is 0. The van der Waals surface area contributed by atoms with E-state index in [0.717, 1.165) is 0 Å². The van der Waals surface area contributed by atoms with Gasteiger partial charge in [-0.2, -0.15) is 0 Å². The molecule has 4 heteroatoms. The van der Waals surface area contributed by atoms with E-state index in [1.54, 1.807) is 0 Å². The van der Waals surface area contributed by atoms with Crippen molar-refractivity contribution in [3.63, 3.8) is 0 Å². The molecule has 15 heavy (non-hydrogen) atoms. The second kappa shape index (κ2) is 7.25. The molecule has 86 valence electrons. The maximum absolute atomic E-state index is 2.25. The highest BCUT2D eigenvalue weighted by Gasteiger charge is 2.18. The van der Waals surface area contributed by atoms with Crippen molar-refractivity contribution in [2.75, 3.05) is 12.0 Å². The van der Waals surface area contributed by atoms with Gasteiger partial charge in [0, 0.05) is 0 Å². The van der Waals surface area contributed by atoms with Crippen LogP contribution in [0.15, 0.2) is 18.3 Å². The summed E-state index contributed by atoms with van der Waals surface area (Å²) in [6.07, 6.45) is 4.80. The van der Waals surface area contributed by atoms with Crippen LogP contribution in [0.5, 0.6) is 0 Å². The molecule has 0 atom stereocenters. The van der Waals surface area contributed by atoms with Crippen molar-refractivity contribution in [1.29, 1.82) is 0 Å². The summed E-state index contributed by atoms with van der Waals surface area (Å²) in [5, 5.41) is 0. The zero-order valence-corrected chi connectivity index (χ0v) is 13.0. The Hall–Kier alpha value is 0.880. The van der Waals surface area contributed by atoms with Crippen LogP contribution in [0, 0.1) is 0 Å². The summed E-state index contributed by atoms with van der Waals surface area (Å²) in [5.74, 6) is 1.26. The lowest BCUT2D eigenvalue weighted by Crippen LogP contribution is -1.79. The highest BCUT2D eigenvalue weighted by Crippen LogP contribution is 2.53. The first-order chi connectivity index (χ1) is 7.19. The largest absolute Gasteiger partial charge is 0.121 e. The van der Waals surface area contributed by atoms with Crippen LogP contribution in [-0.2, 0) is 0 Å². The van der Waals surface area contributed by atoms with Crippen LogP contribution in [0.3, 0.4) is 0 Å². The molecule has 0 fully saturated rings. The maximum atomic E-state index is 2.25. The summed E-state index contributed by atoms with van der Waals surface area (Å²) in [4.78, 5) is 2.94. The van der Waals surface area contributed by atoms with E-state index in [-0.39, 0.29) is 0 Å². The first kappa shape index (κ1) is 13.9. The van der Waals surface area contributed by atoms with Crippen molar-refractivity contribution in [2.45, 2.75) is 33.6 Å². The zero-order chi connectivity index (χ0) is 11.3. The Labute approximate surface area is 110 Å². The van der Waals surface area contributed by atoms with Crippen molar-refractivity contribution >= 4 is 47.0 Å². The van der Waals surface area contributed by atoms with E-state index >= 15 is 0 Å². The Morgan fingerprint density at radius 1 is 1.20 bits per heavy atom. The van der Waals surface area contributed by atoms with E-state index < -0.39 is 0 Å². The predicted octanol–water partition coefficient (Wildman–Crippen LogP) is 5.74. The van der Waals surface area contributed by atoms with E-state index in [9.17, 15) is 0 Å². The minimum atomic E-state index is 1.26. The molecule has 0 N–H and O–H groups in total. The molecule has 0 amide bonds. The molecule has 0 saturated carbocycles. The Morgan fingerprint density at radius 2 is 1.80 bits per heavy atom. The van der Waals surface area contributed by atoms with E-state index in [1.807, 2.05) is 47.0 Å². The molecular formula is C11H18S4. The maximum Gasteiger partial charge on any atom is 0.0692 e. The number of thioether (sulfide) groups is 4. The van der Waals surface area contributed by atoms with Gasteiger partial charge in [-0.3, -0.25) is 0 Å². The molecule has 0 spiro atoms. The molecule has 0 bridgehead atoms. The molecule has 0 radical (unpaired) electrons. The van der Waals surface area contributed by atoms with Gasteiger partial charge in [0.05, 0.1) is 8.47 Å². The van der Waals surface area contributed by atoms with Gasteiger partial charge in [-0.05, 0) is 42.1 Å². The molecule has 0 nitrogen and oxygen atoms in total. The Bertz CT molecular complexity index is 262. The second-order valence-corrected chi connectivity index (χ2v) is 8.19. The molecule has 0 aromatic rings. The molecule has 1 heterocycles. The monoisotopic (exact) mass is 278 g/mol. The summed E-state index contributed by atoms with van der Waals surface area (Å²) in [7, 11) is 0. The normalized spacial score (nSPS) is 16.4. The van der Waals surface area contributed by atoms with Crippen LogP contribution in [-0.4, -0.2) is 12.0 Å². The fourth-order valence-electron chi connectivity index (χ4n) is 1.04. The van der Waals surface area contributed by atoms with Crippen LogP contribution in [0.4, 0.5) is 0 Å². The fraction of sp³-hybridized carbons (Fsp3) is 0.636. The zero-order valence-electron chi connectivity index (χ0n) is 9.75. The second-order valence-electron chi connectivity index (χ2n) is 3.30. The lowest BCUT2D eigenvalue weighted by atomic mass is 10.4. The topological polar surface area (TPSA) is 0 Å². The van der Waals surface area contributed by atoms with Crippen LogP contribution in [0.1, 0.15) is 33.6 Å². The van der Waals surface area contributed by atoms with Crippen LogP contribution in [0.25, 0.3) is 0 Å². The Balaban J connectivity index is 2.55. The third-order valence-electron chi connectivity index (χ3n) is 2.07. The van der Waals surface area contributed by atoms with Gasteiger partial charge >= 0.3 is 0 Å². The van der Waals surface area contributed by atoms with Crippen molar-refractivity contribution in [1.82, 2.24) is 0 Å². The third kappa shape index (κ3) is 4.33. The lowest BCUT2D eigenvalue weighted by molar-refractivity contribution is 0.897. The Morgan fingerprint density at radius 3 is 2.27 bits per heavy atom. The third-order valence-corrected chi connectivity index (χ3v) is 7.61. The summed E-state index contributed by atoms with van der Waals surface area (Å²) in [5.41, 5.74) is 0. The van der Waals surface area contributed by atoms with Crippen LogP contribution in [0.2, 0.25) is 0 Å². The number of hydrogen-bond donors (Lipinski definition) is 0. The van der Waals surface area contributed by atoms with Gasteiger partial charge in [0.1, 0.15) is 0 Å². The summed E-state index contributed by atoms with van der Waals surface area (Å²) in [6.45, 7) is 6.69. The fourth-order valence-corrected chi connectivity index (χ4v) is 6.19. The number of allylic oxidation sites excluding steroid dienone is 2. The average molecular weight is 279 g/mol. The number of hydrogen-bond acceptors (Lipinski definition) is 4. The minimum Gasteiger partial charge on any atom is -0.121 e. The number of unbranched alkanes of at least 4 members (excludes halogenated alkanes) is 1.